The van der Waals surface area contributed by atoms with Crippen LogP contribution >= 0.6 is 0 Å². The average molecular weight is 347 g/mol. The van der Waals surface area contributed by atoms with Gasteiger partial charge >= 0.3 is 0 Å². The molecule has 0 amide bonds. The summed E-state index contributed by atoms with van der Waals surface area (Å²) in [6.45, 7) is 5.66. The van der Waals surface area contributed by atoms with Crippen LogP contribution < -0.4 is 0 Å². The summed E-state index contributed by atoms with van der Waals surface area (Å²) in [7, 11) is 0. The molecule has 0 saturated carbocycles. The topological polar surface area (TPSA) is 32.5 Å². The molecule has 0 unspecified atom stereocenters. The van der Waals surface area contributed by atoms with Gasteiger partial charge in [-0.15, -0.1) is 0 Å². The zero-order valence-corrected chi connectivity index (χ0v) is 15.1. The number of aromatic nitrogens is 1. The molecule has 4 heteroatoms. The first-order valence-electron chi connectivity index (χ1n) is 9.65. The van der Waals surface area contributed by atoms with Gasteiger partial charge in [0.05, 0.1) is 6.26 Å². The Balaban J connectivity index is 1.30. The largest absolute Gasteiger partial charge is 0.464 e. The zero-order valence-electron chi connectivity index (χ0n) is 15.1. The van der Waals surface area contributed by atoms with Crippen molar-refractivity contribution in [1.82, 2.24) is 14.8 Å². The summed E-state index contributed by atoms with van der Waals surface area (Å²) in [5, 5.41) is 1.21. The van der Waals surface area contributed by atoms with E-state index in [9.17, 15) is 0 Å². The van der Waals surface area contributed by atoms with Gasteiger partial charge in [-0.3, -0.25) is 14.8 Å². The first-order valence-corrected chi connectivity index (χ1v) is 9.65. The number of rotatable bonds is 4. The van der Waals surface area contributed by atoms with Crippen LogP contribution in [0.4, 0.5) is 0 Å². The van der Waals surface area contributed by atoms with Crippen LogP contribution in [0.3, 0.4) is 0 Å². The average Bonchev–Trinajstić information content (AvgIpc) is 2.96. The number of furan rings is 1. The van der Waals surface area contributed by atoms with E-state index in [4.69, 9.17) is 4.42 Å². The molecule has 0 aliphatic carbocycles. The molecule has 3 fully saturated rings. The van der Waals surface area contributed by atoms with Crippen molar-refractivity contribution in [1.29, 1.82) is 0 Å². The van der Waals surface area contributed by atoms with E-state index in [1.807, 2.05) is 18.5 Å². The Morgan fingerprint density at radius 1 is 1.00 bits per heavy atom. The standard InChI is InChI=1S/C22H25N3O/c1-2-18(11-23-8-1)12-24-13-19-3-5-21(16-24)25(15-19)14-17-4-6-22-20(10-17)7-9-26-22/h1-2,4,6-11,19,21H,3,5,12-16H2/t19-,21+/m0/s1. The molecule has 26 heavy (non-hydrogen) atoms. The number of hydrogen-bond acceptors (Lipinski definition) is 4. The molecule has 3 aliphatic heterocycles. The second kappa shape index (κ2) is 6.86. The fourth-order valence-electron chi connectivity index (χ4n) is 4.70. The van der Waals surface area contributed by atoms with Gasteiger partial charge in [0.15, 0.2) is 0 Å². The maximum absolute atomic E-state index is 5.48. The van der Waals surface area contributed by atoms with Crippen molar-refractivity contribution in [2.24, 2.45) is 5.92 Å². The molecule has 0 spiro atoms. The highest BCUT2D eigenvalue weighted by molar-refractivity contribution is 5.77. The quantitative estimate of drug-likeness (QED) is 0.716. The second-order valence-corrected chi connectivity index (χ2v) is 7.87. The summed E-state index contributed by atoms with van der Waals surface area (Å²) in [5.74, 6) is 0.781. The molecule has 2 bridgehead atoms. The predicted molar refractivity (Wildman–Crippen MR) is 103 cm³/mol. The van der Waals surface area contributed by atoms with E-state index in [0.29, 0.717) is 6.04 Å². The van der Waals surface area contributed by atoms with Gasteiger partial charge in [-0.05, 0) is 54.2 Å². The van der Waals surface area contributed by atoms with Crippen LogP contribution in [0.5, 0.6) is 0 Å². The molecular formula is C22H25N3O. The summed E-state index contributed by atoms with van der Waals surface area (Å²) >= 11 is 0. The number of pyridine rings is 1. The van der Waals surface area contributed by atoms with Crippen molar-refractivity contribution in [3.8, 4) is 0 Å². The first-order chi connectivity index (χ1) is 12.8. The van der Waals surface area contributed by atoms with Gasteiger partial charge in [0.1, 0.15) is 5.58 Å². The molecule has 134 valence electrons. The summed E-state index contributed by atoms with van der Waals surface area (Å²) < 4.78 is 5.48. The highest BCUT2D eigenvalue weighted by Gasteiger charge is 2.34. The third-order valence-corrected chi connectivity index (χ3v) is 5.93. The van der Waals surface area contributed by atoms with Crippen LogP contribution in [0, 0.1) is 5.92 Å². The number of piperidine rings is 1. The monoisotopic (exact) mass is 347 g/mol. The maximum atomic E-state index is 5.48. The molecule has 2 atom stereocenters. The van der Waals surface area contributed by atoms with Crippen molar-refractivity contribution >= 4 is 11.0 Å². The molecule has 0 radical (unpaired) electrons. The number of fused-ring (bicyclic) bond motifs is 5. The summed E-state index contributed by atoms with van der Waals surface area (Å²) in [4.78, 5) is 9.62. The molecule has 1 aromatic carbocycles. The lowest BCUT2D eigenvalue weighted by Gasteiger charge is -2.36. The molecular weight excluding hydrogens is 322 g/mol. The second-order valence-electron chi connectivity index (χ2n) is 7.87. The van der Waals surface area contributed by atoms with E-state index in [0.717, 1.165) is 24.6 Å². The van der Waals surface area contributed by atoms with Crippen molar-refractivity contribution in [3.05, 3.63) is 66.2 Å². The van der Waals surface area contributed by atoms with Crippen molar-refractivity contribution < 1.29 is 4.42 Å². The van der Waals surface area contributed by atoms with Gasteiger partial charge in [0.25, 0.3) is 0 Å². The maximum Gasteiger partial charge on any atom is 0.133 e. The lowest BCUT2D eigenvalue weighted by molar-refractivity contribution is 0.123. The minimum absolute atomic E-state index is 0.658. The van der Waals surface area contributed by atoms with Gasteiger partial charge in [0, 0.05) is 56.5 Å². The van der Waals surface area contributed by atoms with Gasteiger partial charge in [-0.1, -0.05) is 12.1 Å². The Kier molecular flexibility index (Phi) is 4.23. The Morgan fingerprint density at radius 3 is 2.92 bits per heavy atom. The zero-order chi connectivity index (χ0) is 17.3. The number of benzene rings is 1. The van der Waals surface area contributed by atoms with E-state index in [1.54, 1.807) is 6.26 Å². The van der Waals surface area contributed by atoms with Crippen LogP contribution in [-0.2, 0) is 13.1 Å². The lowest BCUT2D eigenvalue weighted by Crippen LogP contribution is -2.43. The first kappa shape index (κ1) is 16.0. The lowest BCUT2D eigenvalue weighted by atomic mass is 9.94. The Hall–Kier alpha value is -2.17. The smallest absolute Gasteiger partial charge is 0.133 e. The van der Waals surface area contributed by atoms with Crippen LogP contribution in [0.1, 0.15) is 24.0 Å². The fourth-order valence-corrected chi connectivity index (χ4v) is 4.70. The molecule has 3 saturated heterocycles. The minimum atomic E-state index is 0.658. The Bertz CT molecular complexity index is 875. The number of nitrogens with zero attached hydrogens (tertiary/aromatic N) is 3. The molecule has 0 N–H and O–H groups in total. The van der Waals surface area contributed by atoms with E-state index >= 15 is 0 Å². The summed E-state index contributed by atoms with van der Waals surface area (Å²) in [6, 6.07) is 13.6. The van der Waals surface area contributed by atoms with E-state index in [-0.39, 0.29) is 0 Å². The van der Waals surface area contributed by atoms with E-state index in [2.05, 4.69) is 45.1 Å². The molecule has 2 aromatic heterocycles. The van der Waals surface area contributed by atoms with Crippen molar-refractivity contribution in [2.75, 3.05) is 19.6 Å². The fraction of sp³-hybridized carbons (Fsp3) is 0.409. The van der Waals surface area contributed by atoms with Gasteiger partial charge in [-0.25, -0.2) is 0 Å². The van der Waals surface area contributed by atoms with Crippen LogP contribution in [0.15, 0.2) is 59.5 Å². The van der Waals surface area contributed by atoms with Gasteiger partial charge < -0.3 is 4.42 Å². The van der Waals surface area contributed by atoms with Gasteiger partial charge in [0.2, 0.25) is 0 Å². The van der Waals surface area contributed by atoms with Gasteiger partial charge in [-0.2, -0.15) is 0 Å². The predicted octanol–water partition coefficient (Wildman–Crippen LogP) is 3.92. The SMILES string of the molecule is c1cncc(CN2C[C@@H]3CC[C@H](C2)N(Cc2ccc4occc4c2)C3)c1. The summed E-state index contributed by atoms with van der Waals surface area (Å²) in [6.07, 6.45) is 8.32. The molecule has 4 nitrogen and oxygen atoms in total. The normalized spacial score (nSPS) is 24.2. The molecule has 6 rings (SSSR count). The molecule has 3 aromatic rings. The third-order valence-electron chi connectivity index (χ3n) is 5.93. The third kappa shape index (κ3) is 3.27. The highest BCUT2D eigenvalue weighted by Crippen LogP contribution is 2.30. The molecule has 3 aliphatic rings. The summed E-state index contributed by atoms with van der Waals surface area (Å²) in [5.41, 5.74) is 3.70. The Morgan fingerprint density at radius 2 is 2.00 bits per heavy atom. The van der Waals surface area contributed by atoms with E-state index < -0.39 is 0 Å². The minimum Gasteiger partial charge on any atom is -0.464 e. The van der Waals surface area contributed by atoms with Crippen molar-refractivity contribution in [3.63, 3.8) is 0 Å². The highest BCUT2D eigenvalue weighted by atomic mass is 16.3. The van der Waals surface area contributed by atoms with Crippen LogP contribution in [-0.4, -0.2) is 40.5 Å². The van der Waals surface area contributed by atoms with Crippen LogP contribution in [0.25, 0.3) is 11.0 Å². The Labute approximate surface area is 154 Å². The van der Waals surface area contributed by atoms with Crippen LogP contribution in [0.2, 0.25) is 0 Å². The molecule has 5 heterocycles. The number of hydrogen-bond donors (Lipinski definition) is 0. The van der Waals surface area contributed by atoms with E-state index in [1.165, 1.54) is 49.0 Å². The van der Waals surface area contributed by atoms with Crippen molar-refractivity contribution in [2.45, 2.75) is 32.0 Å².